The summed E-state index contributed by atoms with van der Waals surface area (Å²) in [6, 6.07) is 0. The Morgan fingerprint density at radius 3 is 2.53 bits per heavy atom. The highest BCUT2D eigenvalue weighted by Crippen LogP contribution is 2.02. The van der Waals surface area contributed by atoms with Crippen molar-refractivity contribution >= 4 is 0 Å². The Labute approximate surface area is 89.6 Å². The zero-order valence-electron chi connectivity index (χ0n) is 8.72. The van der Waals surface area contributed by atoms with E-state index in [4.69, 9.17) is 19.3 Å². The molecule has 0 aliphatic heterocycles. The highest BCUT2D eigenvalue weighted by Gasteiger charge is 2.08. The highest BCUT2D eigenvalue weighted by atomic mass is 16.5. The molecule has 0 heterocycles. The minimum absolute atomic E-state index is 0.00734. The Balaban J connectivity index is 3.34. The van der Waals surface area contributed by atoms with Gasteiger partial charge in [0.1, 0.15) is 11.9 Å². The fraction of sp³-hybridized carbons (Fsp3) is 0.600. The van der Waals surface area contributed by atoms with Crippen LogP contribution in [0.5, 0.6) is 0 Å². The number of hydrogen-bond donors (Lipinski definition) is 2. The van der Waals surface area contributed by atoms with Crippen LogP contribution in [-0.4, -0.2) is 49.4 Å². The number of hydrogen-bond acceptors (Lipinski definition) is 5. The first kappa shape index (κ1) is 14.1. The molecule has 0 saturated heterocycles. The Kier molecular flexibility index (Phi) is 9.10. The van der Waals surface area contributed by atoms with Gasteiger partial charge in [-0.2, -0.15) is 0 Å². The van der Waals surface area contributed by atoms with Crippen molar-refractivity contribution in [2.75, 3.05) is 33.0 Å². The number of aliphatic hydroxyl groups is 2. The van der Waals surface area contributed by atoms with Gasteiger partial charge in [0, 0.05) is 0 Å². The lowest BCUT2D eigenvalue weighted by molar-refractivity contribution is -0.00267. The van der Waals surface area contributed by atoms with Gasteiger partial charge in [0.2, 0.25) is 0 Å². The third-order valence-corrected chi connectivity index (χ3v) is 1.49. The van der Waals surface area contributed by atoms with Gasteiger partial charge < -0.3 is 24.4 Å². The van der Waals surface area contributed by atoms with Crippen molar-refractivity contribution in [3.63, 3.8) is 0 Å². The van der Waals surface area contributed by atoms with E-state index in [1.807, 2.05) is 0 Å². The largest absolute Gasteiger partial charge is 0.468 e. The van der Waals surface area contributed by atoms with Gasteiger partial charge in [-0.1, -0.05) is 13.2 Å². The van der Waals surface area contributed by atoms with E-state index >= 15 is 0 Å². The smallest absolute Gasteiger partial charge is 0.134 e. The van der Waals surface area contributed by atoms with Crippen LogP contribution in [0.15, 0.2) is 25.2 Å². The van der Waals surface area contributed by atoms with Crippen LogP contribution in [0.25, 0.3) is 0 Å². The predicted molar refractivity (Wildman–Crippen MR) is 55.2 cm³/mol. The van der Waals surface area contributed by atoms with E-state index in [2.05, 4.69) is 13.2 Å². The predicted octanol–water partition coefficient (Wildman–Crippen LogP) is 0.0466. The van der Waals surface area contributed by atoms with E-state index in [0.717, 1.165) is 0 Å². The fourth-order valence-electron chi connectivity index (χ4n) is 0.758. The van der Waals surface area contributed by atoms with Gasteiger partial charge >= 0.3 is 0 Å². The van der Waals surface area contributed by atoms with Crippen LogP contribution in [0.2, 0.25) is 0 Å². The average Bonchev–Trinajstić information content (AvgIpc) is 2.23. The van der Waals surface area contributed by atoms with E-state index < -0.39 is 6.10 Å². The van der Waals surface area contributed by atoms with Gasteiger partial charge in [-0.05, 0) is 0 Å². The summed E-state index contributed by atoms with van der Waals surface area (Å²) in [5.41, 5.74) is 0. The summed E-state index contributed by atoms with van der Waals surface area (Å²) in [4.78, 5) is 0. The van der Waals surface area contributed by atoms with E-state index in [-0.39, 0.29) is 25.6 Å². The first-order valence-corrected chi connectivity index (χ1v) is 4.63. The molecule has 15 heavy (non-hydrogen) atoms. The SMILES string of the molecule is C=COC(=C)C(O)COCCOCCO. The van der Waals surface area contributed by atoms with Crippen molar-refractivity contribution < 1.29 is 24.4 Å². The zero-order chi connectivity index (χ0) is 11.5. The molecule has 88 valence electrons. The monoisotopic (exact) mass is 218 g/mol. The molecule has 5 heteroatoms. The van der Waals surface area contributed by atoms with E-state index in [9.17, 15) is 5.11 Å². The summed E-state index contributed by atoms with van der Waals surface area (Å²) >= 11 is 0. The maximum Gasteiger partial charge on any atom is 0.134 e. The normalized spacial score (nSPS) is 12.1. The molecule has 0 aromatic rings. The van der Waals surface area contributed by atoms with E-state index in [0.29, 0.717) is 13.2 Å². The molecule has 0 radical (unpaired) electrons. The Bertz CT molecular complexity index is 181. The molecule has 0 aliphatic rings. The van der Waals surface area contributed by atoms with Crippen molar-refractivity contribution in [1.82, 2.24) is 0 Å². The minimum Gasteiger partial charge on any atom is -0.468 e. The first-order chi connectivity index (χ1) is 7.22. The van der Waals surface area contributed by atoms with Crippen molar-refractivity contribution in [2.24, 2.45) is 0 Å². The van der Waals surface area contributed by atoms with Gasteiger partial charge in [-0.25, -0.2) is 0 Å². The summed E-state index contributed by atoms with van der Waals surface area (Å²) in [5, 5.41) is 17.8. The van der Waals surface area contributed by atoms with Crippen LogP contribution >= 0.6 is 0 Å². The maximum absolute atomic E-state index is 9.37. The van der Waals surface area contributed by atoms with Gasteiger partial charge in [-0.3, -0.25) is 0 Å². The Hall–Kier alpha value is -0.880. The third-order valence-electron chi connectivity index (χ3n) is 1.49. The van der Waals surface area contributed by atoms with Gasteiger partial charge in [-0.15, -0.1) is 0 Å². The fourth-order valence-corrected chi connectivity index (χ4v) is 0.758. The van der Waals surface area contributed by atoms with Crippen LogP contribution in [0.1, 0.15) is 0 Å². The second-order valence-electron chi connectivity index (χ2n) is 2.68. The molecule has 0 aromatic carbocycles. The van der Waals surface area contributed by atoms with Crippen LogP contribution in [-0.2, 0) is 14.2 Å². The lowest BCUT2D eigenvalue weighted by Gasteiger charge is -2.12. The molecule has 0 aromatic heterocycles. The standard InChI is InChI=1S/C10H18O5/c1-3-15-9(2)10(12)8-14-7-6-13-5-4-11/h3,10-12H,1-2,4-8H2. The van der Waals surface area contributed by atoms with Crippen molar-refractivity contribution in [2.45, 2.75) is 6.10 Å². The first-order valence-electron chi connectivity index (χ1n) is 4.63. The molecule has 0 amide bonds. The van der Waals surface area contributed by atoms with Crippen LogP contribution < -0.4 is 0 Å². The third kappa shape index (κ3) is 8.14. The maximum atomic E-state index is 9.37. The lowest BCUT2D eigenvalue weighted by atomic mass is 10.3. The molecular formula is C10H18O5. The van der Waals surface area contributed by atoms with Crippen molar-refractivity contribution in [3.8, 4) is 0 Å². The highest BCUT2D eigenvalue weighted by molar-refractivity contribution is 4.93. The Morgan fingerprint density at radius 2 is 1.93 bits per heavy atom. The molecule has 5 nitrogen and oxygen atoms in total. The topological polar surface area (TPSA) is 68.2 Å². The van der Waals surface area contributed by atoms with Gasteiger partial charge in [0.25, 0.3) is 0 Å². The summed E-state index contributed by atoms with van der Waals surface area (Å²) < 4.78 is 14.8. The van der Waals surface area contributed by atoms with Gasteiger partial charge in [0.15, 0.2) is 0 Å². The molecular weight excluding hydrogens is 200 g/mol. The molecule has 1 atom stereocenters. The van der Waals surface area contributed by atoms with Crippen molar-refractivity contribution in [1.29, 1.82) is 0 Å². The quantitative estimate of drug-likeness (QED) is 0.400. The van der Waals surface area contributed by atoms with Gasteiger partial charge in [0.05, 0.1) is 39.3 Å². The second-order valence-corrected chi connectivity index (χ2v) is 2.68. The van der Waals surface area contributed by atoms with Crippen LogP contribution in [0, 0.1) is 0 Å². The molecule has 0 spiro atoms. The van der Waals surface area contributed by atoms with Crippen molar-refractivity contribution in [3.05, 3.63) is 25.2 Å². The molecule has 0 rings (SSSR count). The molecule has 0 fully saturated rings. The molecule has 1 unspecified atom stereocenters. The second kappa shape index (κ2) is 9.67. The molecule has 0 aliphatic carbocycles. The number of aliphatic hydroxyl groups excluding tert-OH is 2. The zero-order valence-corrected chi connectivity index (χ0v) is 8.72. The summed E-state index contributed by atoms with van der Waals surface area (Å²) in [5.74, 6) is 0.196. The summed E-state index contributed by atoms with van der Waals surface area (Å²) in [7, 11) is 0. The van der Waals surface area contributed by atoms with Crippen LogP contribution in [0.3, 0.4) is 0 Å². The van der Waals surface area contributed by atoms with E-state index in [1.165, 1.54) is 6.26 Å². The number of rotatable bonds is 10. The summed E-state index contributed by atoms with van der Waals surface area (Å²) in [6.45, 7) is 7.92. The molecule has 0 bridgehead atoms. The van der Waals surface area contributed by atoms with E-state index in [1.54, 1.807) is 0 Å². The summed E-state index contributed by atoms with van der Waals surface area (Å²) in [6.07, 6.45) is 0.316. The van der Waals surface area contributed by atoms with Crippen LogP contribution in [0.4, 0.5) is 0 Å². The minimum atomic E-state index is -0.874. The number of ether oxygens (including phenoxy) is 3. The molecule has 0 saturated carbocycles. The molecule has 2 N–H and O–H groups in total. The average molecular weight is 218 g/mol. The lowest BCUT2D eigenvalue weighted by Crippen LogP contribution is -2.20. The Morgan fingerprint density at radius 1 is 1.27 bits per heavy atom.